The van der Waals surface area contributed by atoms with E-state index in [4.69, 9.17) is 39.2 Å². The lowest BCUT2D eigenvalue weighted by molar-refractivity contribution is 0.152. The Morgan fingerprint density at radius 3 is 2.43 bits per heavy atom. The lowest BCUT2D eigenvalue weighted by Crippen LogP contribution is -2.01. The molecule has 0 amide bonds. The van der Waals surface area contributed by atoms with Gasteiger partial charge in [-0.05, 0) is 42.0 Å². The van der Waals surface area contributed by atoms with E-state index < -0.39 is 6.10 Å². The number of fused-ring (bicyclic) bond motifs is 1. The molecule has 0 spiro atoms. The van der Waals surface area contributed by atoms with E-state index in [1.807, 2.05) is 0 Å². The van der Waals surface area contributed by atoms with E-state index in [-0.39, 0.29) is 6.42 Å². The number of hydrogen-bond acceptors (Lipinski definition) is 2. The third-order valence-electron chi connectivity index (χ3n) is 3.28. The first-order chi connectivity index (χ1) is 10.0. The molecule has 1 atom stereocenters. The molecule has 0 fully saturated rings. The summed E-state index contributed by atoms with van der Waals surface area (Å²) in [5.41, 5.74) is 1.38. The van der Waals surface area contributed by atoms with Gasteiger partial charge in [-0.25, -0.2) is 0 Å². The maximum Gasteiger partial charge on any atom is 0.134 e. The van der Waals surface area contributed by atoms with Crippen molar-refractivity contribution in [3.63, 3.8) is 0 Å². The third kappa shape index (κ3) is 3.04. The Balaban J connectivity index is 1.91. The molecular weight excluding hydrogens is 331 g/mol. The van der Waals surface area contributed by atoms with Gasteiger partial charge in [0.25, 0.3) is 0 Å². The zero-order valence-corrected chi connectivity index (χ0v) is 13.1. The van der Waals surface area contributed by atoms with Gasteiger partial charge in [-0.3, -0.25) is 0 Å². The van der Waals surface area contributed by atoms with Crippen LogP contribution < -0.4 is 0 Å². The lowest BCUT2D eigenvalue weighted by atomic mass is 10.1. The maximum absolute atomic E-state index is 10.3. The molecule has 2 aromatic carbocycles. The molecule has 0 saturated carbocycles. The van der Waals surface area contributed by atoms with Crippen molar-refractivity contribution in [2.45, 2.75) is 12.5 Å². The largest absolute Gasteiger partial charge is 0.458 e. The molecule has 1 aromatic heterocycles. The van der Waals surface area contributed by atoms with Gasteiger partial charge in [0.2, 0.25) is 0 Å². The normalized spacial score (nSPS) is 12.8. The minimum Gasteiger partial charge on any atom is -0.458 e. The number of furan rings is 1. The summed E-state index contributed by atoms with van der Waals surface area (Å²) in [5, 5.41) is 12.9. The van der Waals surface area contributed by atoms with Crippen molar-refractivity contribution in [1.29, 1.82) is 0 Å². The average Bonchev–Trinajstić information content (AvgIpc) is 2.86. The Labute approximate surface area is 136 Å². The maximum atomic E-state index is 10.3. The van der Waals surface area contributed by atoms with Crippen molar-refractivity contribution in [2.75, 3.05) is 0 Å². The van der Waals surface area contributed by atoms with Crippen LogP contribution in [0.15, 0.2) is 46.9 Å². The summed E-state index contributed by atoms with van der Waals surface area (Å²) in [7, 11) is 0. The molecule has 0 radical (unpaired) electrons. The van der Waals surface area contributed by atoms with E-state index >= 15 is 0 Å². The topological polar surface area (TPSA) is 33.4 Å². The summed E-state index contributed by atoms with van der Waals surface area (Å²) in [6, 6.07) is 12.3. The van der Waals surface area contributed by atoms with E-state index in [1.54, 1.807) is 42.5 Å². The van der Waals surface area contributed by atoms with Crippen molar-refractivity contribution in [2.24, 2.45) is 0 Å². The van der Waals surface area contributed by atoms with Gasteiger partial charge in [0.1, 0.15) is 17.4 Å². The Morgan fingerprint density at radius 1 is 1.00 bits per heavy atom. The number of hydrogen-bond donors (Lipinski definition) is 1. The van der Waals surface area contributed by atoms with Gasteiger partial charge in [0.05, 0.1) is 0 Å². The van der Waals surface area contributed by atoms with E-state index in [9.17, 15) is 5.11 Å². The quantitative estimate of drug-likeness (QED) is 0.666. The number of benzene rings is 2. The second kappa shape index (κ2) is 5.90. The Hall–Kier alpha value is -1.19. The molecule has 3 rings (SSSR count). The first-order valence-electron chi connectivity index (χ1n) is 6.34. The number of rotatable bonds is 3. The number of halogens is 3. The van der Waals surface area contributed by atoms with Crippen molar-refractivity contribution in [3.05, 3.63) is 68.9 Å². The minimum absolute atomic E-state index is 0.284. The van der Waals surface area contributed by atoms with Crippen LogP contribution in [0, 0.1) is 0 Å². The zero-order valence-electron chi connectivity index (χ0n) is 10.8. The van der Waals surface area contributed by atoms with Gasteiger partial charge in [0.15, 0.2) is 0 Å². The molecular formula is C16H11Cl3O2. The molecule has 1 unspecified atom stereocenters. The van der Waals surface area contributed by atoms with Crippen LogP contribution in [0.5, 0.6) is 0 Å². The fourth-order valence-corrected chi connectivity index (χ4v) is 2.95. The van der Waals surface area contributed by atoms with Crippen LogP contribution in [-0.4, -0.2) is 5.11 Å². The van der Waals surface area contributed by atoms with Gasteiger partial charge in [-0.1, -0.05) is 40.9 Å². The van der Waals surface area contributed by atoms with Crippen LogP contribution in [0.2, 0.25) is 15.1 Å². The minimum atomic E-state index is -0.825. The third-order valence-corrected chi connectivity index (χ3v) is 4.23. The smallest absolute Gasteiger partial charge is 0.134 e. The van der Waals surface area contributed by atoms with Gasteiger partial charge in [-0.2, -0.15) is 0 Å². The highest BCUT2D eigenvalue weighted by atomic mass is 35.5. The standard InChI is InChI=1S/C16H11Cl3O2/c17-10-4-5-15-9(6-10)7-16(21-15)14(20)8-11-12(18)2-1-3-13(11)19/h1-7,14,20H,8H2. The van der Waals surface area contributed by atoms with Gasteiger partial charge < -0.3 is 9.52 Å². The molecule has 1 heterocycles. The molecule has 0 aliphatic carbocycles. The van der Waals surface area contributed by atoms with E-state index in [0.29, 0.717) is 32.0 Å². The second-order valence-corrected chi connectivity index (χ2v) is 6.00. The second-order valence-electron chi connectivity index (χ2n) is 4.75. The molecule has 0 aliphatic heterocycles. The monoisotopic (exact) mass is 340 g/mol. The lowest BCUT2D eigenvalue weighted by Gasteiger charge is -2.10. The molecule has 108 valence electrons. The van der Waals surface area contributed by atoms with Gasteiger partial charge in [-0.15, -0.1) is 0 Å². The highest BCUT2D eigenvalue weighted by molar-refractivity contribution is 6.36. The van der Waals surface area contributed by atoms with E-state index in [0.717, 1.165) is 5.39 Å². The highest BCUT2D eigenvalue weighted by Gasteiger charge is 2.17. The Bertz CT molecular complexity index is 775. The zero-order chi connectivity index (χ0) is 15.0. The first kappa shape index (κ1) is 14.7. The van der Waals surface area contributed by atoms with Crippen LogP contribution in [0.1, 0.15) is 17.4 Å². The van der Waals surface area contributed by atoms with Crippen molar-refractivity contribution in [3.8, 4) is 0 Å². The van der Waals surface area contributed by atoms with Crippen LogP contribution in [0.3, 0.4) is 0 Å². The van der Waals surface area contributed by atoms with Gasteiger partial charge >= 0.3 is 0 Å². The van der Waals surface area contributed by atoms with Crippen LogP contribution >= 0.6 is 34.8 Å². The van der Waals surface area contributed by atoms with Crippen LogP contribution in [0.4, 0.5) is 0 Å². The Morgan fingerprint density at radius 2 is 1.71 bits per heavy atom. The molecule has 2 nitrogen and oxygen atoms in total. The summed E-state index contributed by atoms with van der Waals surface area (Å²) in [6.07, 6.45) is -0.542. The molecule has 0 bridgehead atoms. The molecule has 5 heteroatoms. The molecule has 0 saturated heterocycles. The van der Waals surface area contributed by atoms with E-state index in [2.05, 4.69) is 0 Å². The summed E-state index contributed by atoms with van der Waals surface area (Å²) in [4.78, 5) is 0. The number of aliphatic hydroxyl groups excluding tert-OH is 1. The van der Waals surface area contributed by atoms with E-state index in [1.165, 1.54) is 0 Å². The first-order valence-corrected chi connectivity index (χ1v) is 7.48. The summed E-state index contributed by atoms with van der Waals surface area (Å²) in [6.45, 7) is 0. The van der Waals surface area contributed by atoms with Crippen molar-refractivity contribution >= 4 is 45.8 Å². The SMILES string of the molecule is OC(Cc1c(Cl)cccc1Cl)c1cc2cc(Cl)ccc2o1. The van der Waals surface area contributed by atoms with Crippen LogP contribution in [-0.2, 0) is 6.42 Å². The summed E-state index contributed by atoms with van der Waals surface area (Å²) in [5.74, 6) is 0.461. The number of aliphatic hydroxyl groups is 1. The fraction of sp³-hybridized carbons (Fsp3) is 0.125. The molecule has 21 heavy (non-hydrogen) atoms. The van der Waals surface area contributed by atoms with Crippen LogP contribution in [0.25, 0.3) is 11.0 Å². The highest BCUT2D eigenvalue weighted by Crippen LogP contribution is 2.32. The van der Waals surface area contributed by atoms with Gasteiger partial charge in [0, 0.05) is 26.9 Å². The van der Waals surface area contributed by atoms with Crippen molar-refractivity contribution in [1.82, 2.24) is 0 Å². The summed E-state index contributed by atoms with van der Waals surface area (Å²) < 4.78 is 5.64. The predicted octanol–water partition coefficient (Wildman–Crippen LogP) is 5.67. The average molecular weight is 342 g/mol. The predicted molar refractivity (Wildman–Crippen MR) is 86.3 cm³/mol. The fourth-order valence-electron chi connectivity index (χ4n) is 2.22. The summed E-state index contributed by atoms with van der Waals surface area (Å²) >= 11 is 18.2. The van der Waals surface area contributed by atoms with Crippen molar-refractivity contribution < 1.29 is 9.52 Å². The Kier molecular flexibility index (Phi) is 4.14. The molecule has 1 N–H and O–H groups in total. The molecule has 3 aromatic rings. The molecule has 0 aliphatic rings.